The third kappa shape index (κ3) is 2.38. The first kappa shape index (κ1) is 13.7. The first-order chi connectivity index (χ1) is 8.92. The topological polar surface area (TPSA) is 64.8 Å². The lowest BCUT2D eigenvalue weighted by molar-refractivity contribution is -0.120. The largest absolute Gasteiger partial charge is 0.493 e. The summed E-state index contributed by atoms with van der Waals surface area (Å²) in [5.74, 6) is 1.20. The molecule has 1 aromatic carbocycles. The lowest BCUT2D eigenvalue weighted by atomic mass is 10.1. The van der Waals surface area contributed by atoms with Gasteiger partial charge in [-0.05, 0) is 31.4 Å². The highest BCUT2D eigenvalue weighted by Gasteiger charge is 2.47. The highest BCUT2D eigenvalue weighted by molar-refractivity contribution is 6.02. The Hall–Kier alpha value is -1.75. The molecule has 1 fully saturated rings. The summed E-state index contributed by atoms with van der Waals surface area (Å²) in [6.07, 6.45) is 1.50. The standard InChI is InChI=1S/C14H20N2O3/c1-9-7-11(18-3)12(19-4)8-10(9)16(2)13(17)14(15)5-6-14/h7-8H,5-6,15H2,1-4H3. The lowest BCUT2D eigenvalue weighted by Crippen LogP contribution is -2.44. The van der Waals surface area contributed by atoms with Crippen LogP contribution in [0, 0.1) is 6.92 Å². The molecular weight excluding hydrogens is 244 g/mol. The first-order valence-electron chi connectivity index (χ1n) is 6.22. The van der Waals surface area contributed by atoms with Gasteiger partial charge in [0.15, 0.2) is 11.5 Å². The van der Waals surface area contributed by atoms with Crippen LogP contribution in [0.15, 0.2) is 12.1 Å². The molecule has 5 nitrogen and oxygen atoms in total. The third-order valence-corrected chi connectivity index (χ3v) is 3.58. The Balaban J connectivity index is 2.36. The number of nitrogens with zero attached hydrogens (tertiary/aromatic N) is 1. The molecule has 0 aromatic heterocycles. The second-order valence-corrected chi connectivity index (χ2v) is 5.01. The number of aryl methyl sites for hydroxylation is 1. The minimum Gasteiger partial charge on any atom is -0.493 e. The van der Waals surface area contributed by atoms with Gasteiger partial charge in [-0.3, -0.25) is 4.79 Å². The van der Waals surface area contributed by atoms with Gasteiger partial charge in [0, 0.05) is 13.1 Å². The summed E-state index contributed by atoms with van der Waals surface area (Å²) in [7, 11) is 4.90. The molecule has 0 spiro atoms. The average Bonchev–Trinajstić information content (AvgIpc) is 3.15. The second kappa shape index (κ2) is 4.74. The van der Waals surface area contributed by atoms with Gasteiger partial charge in [-0.1, -0.05) is 0 Å². The fourth-order valence-corrected chi connectivity index (χ4v) is 2.12. The van der Waals surface area contributed by atoms with E-state index in [9.17, 15) is 4.79 Å². The number of amides is 1. The summed E-state index contributed by atoms with van der Waals surface area (Å²) in [6.45, 7) is 1.93. The van der Waals surface area contributed by atoms with Crippen LogP contribution in [0.25, 0.3) is 0 Å². The van der Waals surface area contributed by atoms with E-state index in [-0.39, 0.29) is 5.91 Å². The molecule has 19 heavy (non-hydrogen) atoms. The van der Waals surface area contributed by atoms with E-state index < -0.39 is 5.54 Å². The van der Waals surface area contributed by atoms with Crippen molar-refractivity contribution in [3.05, 3.63) is 17.7 Å². The smallest absolute Gasteiger partial charge is 0.246 e. The van der Waals surface area contributed by atoms with Crippen LogP contribution in [0.5, 0.6) is 11.5 Å². The van der Waals surface area contributed by atoms with E-state index >= 15 is 0 Å². The van der Waals surface area contributed by atoms with Gasteiger partial charge >= 0.3 is 0 Å². The number of benzene rings is 1. The molecule has 0 atom stereocenters. The highest BCUT2D eigenvalue weighted by atomic mass is 16.5. The van der Waals surface area contributed by atoms with Crippen molar-refractivity contribution >= 4 is 11.6 Å². The molecule has 1 aromatic rings. The minimum atomic E-state index is -0.672. The molecule has 1 aliphatic carbocycles. The van der Waals surface area contributed by atoms with E-state index in [2.05, 4.69) is 0 Å². The number of carbonyl (C=O) groups excluding carboxylic acids is 1. The molecule has 0 bridgehead atoms. The quantitative estimate of drug-likeness (QED) is 0.894. The summed E-state index contributed by atoms with van der Waals surface area (Å²) in [6, 6.07) is 3.66. The molecule has 0 aliphatic heterocycles. The number of methoxy groups -OCH3 is 2. The van der Waals surface area contributed by atoms with Crippen LogP contribution in [0.4, 0.5) is 5.69 Å². The Labute approximate surface area is 113 Å². The summed E-state index contributed by atoms with van der Waals surface area (Å²) < 4.78 is 10.5. The van der Waals surface area contributed by atoms with E-state index in [1.54, 1.807) is 32.2 Å². The highest BCUT2D eigenvalue weighted by Crippen LogP contribution is 2.38. The monoisotopic (exact) mass is 264 g/mol. The first-order valence-corrected chi connectivity index (χ1v) is 6.22. The van der Waals surface area contributed by atoms with E-state index in [1.165, 1.54) is 0 Å². The van der Waals surface area contributed by atoms with Crippen molar-refractivity contribution in [1.29, 1.82) is 0 Å². The summed E-state index contributed by atoms with van der Waals surface area (Å²) >= 11 is 0. The SMILES string of the molecule is COc1cc(C)c(N(C)C(=O)C2(N)CC2)cc1OC. The number of carbonyl (C=O) groups is 1. The zero-order valence-electron chi connectivity index (χ0n) is 11.8. The van der Waals surface area contributed by atoms with Crippen LogP contribution in [0.2, 0.25) is 0 Å². The number of anilines is 1. The minimum absolute atomic E-state index is 0.0529. The Bertz CT molecular complexity index is 510. The van der Waals surface area contributed by atoms with Gasteiger partial charge in [-0.15, -0.1) is 0 Å². The number of nitrogens with two attached hydrogens (primary N) is 1. The van der Waals surface area contributed by atoms with Gasteiger partial charge in [0.05, 0.1) is 25.4 Å². The van der Waals surface area contributed by atoms with Crippen LogP contribution in [-0.2, 0) is 4.79 Å². The molecule has 1 saturated carbocycles. The predicted molar refractivity (Wildman–Crippen MR) is 73.8 cm³/mol. The summed E-state index contributed by atoms with van der Waals surface area (Å²) in [5, 5.41) is 0. The fourth-order valence-electron chi connectivity index (χ4n) is 2.12. The van der Waals surface area contributed by atoms with Crippen molar-refractivity contribution in [3.63, 3.8) is 0 Å². The maximum atomic E-state index is 12.3. The van der Waals surface area contributed by atoms with Gasteiger partial charge in [-0.25, -0.2) is 0 Å². The maximum absolute atomic E-state index is 12.3. The van der Waals surface area contributed by atoms with E-state index in [0.29, 0.717) is 11.5 Å². The lowest BCUT2D eigenvalue weighted by Gasteiger charge is -2.24. The zero-order valence-corrected chi connectivity index (χ0v) is 11.8. The van der Waals surface area contributed by atoms with Gasteiger partial charge in [0.2, 0.25) is 5.91 Å². The van der Waals surface area contributed by atoms with Crippen molar-refractivity contribution in [1.82, 2.24) is 0 Å². The Kier molecular flexibility index (Phi) is 3.41. The van der Waals surface area contributed by atoms with Gasteiger partial charge in [0.1, 0.15) is 0 Å². The Morgan fingerprint density at radius 3 is 2.26 bits per heavy atom. The van der Waals surface area contributed by atoms with Crippen LogP contribution in [-0.4, -0.2) is 32.7 Å². The number of hydrogen-bond acceptors (Lipinski definition) is 4. The number of hydrogen-bond donors (Lipinski definition) is 1. The molecule has 0 radical (unpaired) electrons. The predicted octanol–water partition coefficient (Wildman–Crippen LogP) is 1.47. The van der Waals surface area contributed by atoms with E-state index in [0.717, 1.165) is 24.1 Å². The molecule has 2 rings (SSSR count). The molecular formula is C14H20N2O3. The Morgan fingerprint density at radius 1 is 1.26 bits per heavy atom. The average molecular weight is 264 g/mol. The van der Waals surface area contributed by atoms with E-state index in [4.69, 9.17) is 15.2 Å². The van der Waals surface area contributed by atoms with Crippen molar-refractivity contribution < 1.29 is 14.3 Å². The molecule has 0 unspecified atom stereocenters. The molecule has 0 saturated heterocycles. The van der Waals surface area contributed by atoms with Crippen LogP contribution in [0.3, 0.4) is 0 Å². The summed E-state index contributed by atoms with van der Waals surface area (Å²) in [5.41, 5.74) is 7.02. The molecule has 5 heteroatoms. The Morgan fingerprint density at radius 2 is 1.79 bits per heavy atom. The van der Waals surface area contributed by atoms with E-state index in [1.807, 2.05) is 13.0 Å². The normalized spacial score (nSPS) is 15.8. The van der Waals surface area contributed by atoms with Crippen LogP contribution < -0.4 is 20.1 Å². The van der Waals surface area contributed by atoms with Gasteiger partial charge < -0.3 is 20.1 Å². The van der Waals surface area contributed by atoms with Crippen LogP contribution in [0.1, 0.15) is 18.4 Å². The third-order valence-electron chi connectivity index (χ3n) is 3.58. The number of ether oxygens (including phenoxy) is 2. The second-order valence-electron chi connectivity index (χ2n) is 5.01. The molecule has 1 aliphatic rings. The van der Waals surface area contributed by atoms with Crippen molar-refractivity contribution in [2.75, 3.05) is 26.2 Å². The van der Waals surface area contributed by atoms with Gasteiger partial charge in [-0.2, -0.15) is 0 Å². The van der Waals surface area contributed by atoms with Crippen molar-refractivity contribution in [2.24, 2.45) is 5.73 Å². The number of likely N-dealkylation sites (N-methyl/N-ethyl adjacent to an activating group) is 1. The molecule has 104 valence electrons. The maximum Gasteiger partial charge on any atom is 0.246 e. The van der Waals surface area contributed by atoms with Gasteiger partial charge in [0.25, 0.3) is 0 Å². The van der Waals surface area contributed by atoms with Crippen LogP contribution >= 0.6 is 0 Å². The van der Waals surface area contributed by atoms with Crippen molar-refractivity contribution in [2.45, 2.75) is 25.3 Å². The molecule has 2 N–H and O–H groups in total. The molecule has 1 amide bonds. The summed E-state index contributed by atoms with van der Waals surface area (Å²) in [4.78, 5) is 13.9. The van der Waals surface area contributed by atoms with Crippen molar-refractivity contribution in [3.8, 4) is 11.5 Å². The number of rotatable bonds is 4. The fraction of sp³-hybridized carbons (Fsp3) is 0.500. The molecule has 0 heterocycles. The zero-order chi connectivity index (χ0) is 14.2.